The van der Waals surface area contributed by atoms with E-state index in [-0.39, 0.29) is 5.38 Å². The molecule has 1 aromatic rings. The molecule has 0 saturated heterocycles. The van der Waals surface area contributed by atoms with Crippen LogP contribution in [-0.2, 0) is 18.0 Å². The molecule has 1 unspecified atom stereocenters. The number of benzene rings is 1. The molecule has 1 heterocycles. The highest BCUT2D eigenvalue weighted by molar-refractivity contribution is 6.21. The molecule has 0 aromatic heterocycles. The lowest BCUT2D eigenvalue weighted by Gasteiger charge is -2.30. The molecule has 0 bridgehead atoms. The summed E-state index contributed by atoms with van der Waals surface area (Å²) in [6, 6.07) is 6.58. The quantitative estimate of drug-likeness (QED) is 0.692. The minimum Gasteiger partial charge on any atom is -0.372 e. The van der Waals surface area contributed by atoms with Crippen LogP contribution >= 0.6 is 11.6 Å². The first-order chi connectivity index (χ1) is 7.34. The molecule has 2 heteroatoms. The van der Waals surface area contributed by atoms with Gasteiger partial charge in [0.15, 0.2) is 0 Å². The van der Waals surface area contributed by atoms with Crippen molar-refractivity contribution in [3.8, 4) is 0 Å². The molecule has 0 radical (unpaired) electrons. The third-order valence-electron chi connectivity index (χ3n) is 3.63. The summed E-state index contributed by atoms with van der Waals surface area (Å²) in [7, 11) is 0. The summed E-state index contributed by atoms with van der Waals surface area (Å²) < 4.78 is 5.41. The van der Waals surface area contributed by atoms with Gasteiger partial charge >= 0.3 is 0 Å². The average molecular weight is 223 g/mol. The summed E-state index contributed by atoms with van der Waals surface area (Å²) in [5, 5.41) is 0.213. The normalized spacial score (nSPS) is 22.2. The lowest BCUT2D eigenvalue weighted by molar-refractivity contribution is 0.134. The van der Waals surface area contributed by atoms with Crippen molar-refractivity contribution in [3.05, 3.63) is 34.9 Å². The molecule has 1 nitrogen and oxygen atoms in total. The second kappa shape index (κ2) is 3.80. The van der Waals surface area contributed by atoms with Gasteiger partial charge < -0.3 is 4.74 Å². The largest absolute Gasteiger partial charge is 0.372 e. The molecule has 80 valence electrons. The summed E-state index contributed by atoms with van der Waals surface area (Å²) in [4.78, 5) is 0. The highest BCUT2D eigenvalue weighted by atomic mass is 35.5. The van der Waals surface area contributed by atoms with E-state index < -0.39 is 0 Å². The van der Waals surface area contributed by atoms with E-state index in [0.717, 1.165) is 13.2 Å². The molecule has 0 N–H and O–H groups in total. The molecule has 1 saturated carbocycles. The summed E-state index contributed by atoms with van der Waals surface area (Å²) in [5.41, 5.74) is 3.94. The molecular formula is C13H15ClO. The van der Waals surface area contributed by atoms with E-state index in [1.54, 1.807) is 0 Å². The van der Waals surface area contributed by atoms with Crippen LogP contribution in [0.3, 0.4) is 0 Å². The Morgan fingerprint density at radius 1 is 1.20 bits per heavy atom. The number of halogens is 1. The second-order valence-electron chi connectivity index (χ2n) is 4.61. The summed E-state index contributed by atoms with van der Waals surface area (Å²) >= 11 is 6.47. The predicted molar refractivity (Wildman–Crippen MR) is 60.9 cm³/mol. The van der Waals surface area contributed by atoms with Crippen molar-refractivity contribution in [1.29, 1.82) is 0 Å². The number of hydrogen-bond donors (Lipinski definition) is 0. The van der Waals surface area contributed by atoms with Crippen molar-refractivity contribution in [3.63, 3.8) is 0 Å². The van der Waals surface area contributed by atoms with Gasteiger partial charge in [-0.1, -0.05) is 24.6 Å². The van der Waals surface area contributed by atoms with Crippen LogP contribution in [0.1, 0.15) is 41.3 Å². The molecule has 1 aliphatic carbocycles. The summed E-state index contributed by atoms with van der Waals surface area (Å²) in [6.45, 7) is 1.53. The first kappa shape index (κ1) is 9.68. The minimum atomic E-state index is 0.213. The SMILES string of the molecule is ClC(c1ccc2c(c1)COC2)C1CCC1. The van der Waals surface area contributed by atoms with Gasteiger partial charge in [0.25, 0.3) is 0 Å². The third kappa shape index (κ3) is 1.68. The van der Waals surface area contributed by atoms with Crippen molar-refractivity contribution >= 4 is 11.6 Å². The molecule has 2 aliphatic rings. The number of alkyl halides is 1. The fourth-order valence-electron chi connectivity index (χ4n) is 2.37. The maximum atomic E-state index is 6.47. The van der Waals surface area contributed by atoms with E-state index in [0.29, 0.717) is 5.92 Å². The van der Waals surface area contributed by atoms with Crippen LogP contribution in [-0.4, -0.2) is 0 Å². The van der Waals surface area contributed by atoms with E-state index in [1.807, 2.05) is 0 Å². The van der Waals surface area contributed by atoms with Crippen LogP contribution in [0.15, 0.2) is 18.2 Å². The first-order valence-electron chi connectivity index (χ1n) is 5.68. The van der Waals surface area contributed by atoms with Gasteiger partial charge in [0, 0.05) is 0 Å². The third-order valence-corrected chi connectivity index (χ3v) is 4.24. The molecule has 0 amide bonds. The van der Waals surface area contributed by atoms with Gasteiger partial charge in [0.05, 0.1) is 18.6 Å². The molecular weight excluding hydrogens is 208 g/mol. The maximum Gasteiger partial charge on any atom is 0.0725 e. The Balaban J connectivity index is 1.85. The first-order valence-corrected chi connectivity index (χ1v) is 6.12. The lowest BCUT2D eigenvalue weighted by Crippen LogP contribution is -2.16. The van der Waals surface area contributed by atoms with Crippen molar-refractivity contribution in [1.82, 2.24) is 0 Å². The zero-order valence-corrected chi connectivity index (χ0v) is 9.46. The Labute approximate surface area is 95.4 Å². The fraction of sp³-hybridized carbons (Fsp3) is 0.538. The molecule has 15 heavy (non-hydrogen) atoms. The van der Waals surface area contributed by atoms with Gasteiger partial charge in [-0.2, -0.15) is 0 Å². The highest BCUT2D eigenvalue weighted by Crippen LogP contribution is 2.42. The van der Waals surface area contributed by atoms with E-state index in [9.17, 15) is 0 Å². The maximum absolute atomic E-state index is 6.47. The standard InChI is InChI=1S/C13H15ClO/c14-13(9-2-1-3-9)10-4-5-11-7-15-8-12(11)6-10/h4-6,9,13H,1-3,7-8H2. The van der Waals surface area contributed by atoms with Gasteiger partial charge in [0.1, 0.15) is 0 Å². The van der Waals surface area contributed by atoms with Crippen LogP contribution in [0.4, 0.5) is 0 Å². The highest BCUT2D eigenvalue weighted by Gasteiger charge is 2.27. The predicted octanol–water partition coefficient (Wildman–Crippen LogP) is 3.80. The molecule has 1 aromatic carbocycles. The van der Waals surface area contributed by atoms with Crippen LogP contribution in [0, 0.1) is 5.92 Å². The zero-order valence-electron chi connectivity index (χ0n) is 8.71. The number of ether oxygens (including phenoxy) is 1. The van der Waals surface area contributed by atoms with Crippen molar-refractivity contribution in [2.24, 2.45) is 5.92 Å². The number of fused-ring (bicyclic) bond motifs is 1. The van der Waals surface area contributed by atoms with E-state index in [2.05, 4.69) is 18.2 Å². The van der Waals surface area contributed by atoms with Gasteiger partial charge in [-0.05, 0) is 35.4 Å². The van der Waals surface area contributed by atoms with Crippen LogP contribution in [0.5, 0.6) is 0 Å². The number of hydrogen-bond acceptors (Lipinski definition) is 1. The Bertz CT molecular complexity index is 371. The van der Waals surface area contributed by atoms with E-state index in [1.165, 1.54) is 36.0 Å². The lowest BCUT2D eigenvalue weighted by atomic mass is 9.80. The van der Waals surface area contributed by atoms with Crippen LogP contribution < -0.4 is 0 Å². The minimum absolute atomic E-state index is 0.213. The monoisotopic (exact) mass is 222 g/mol. The number of rotatable bonds is 2. The van der Waals surface area contributed by atoms with Gasteiger partial charge in [-0.25, -0.2) is 0 Å². The molecule has 3 rings (SSSR count). The van der Waals surface area contributed by atoms with E-state index >= 15 is 0 Å². The molecule has 0 spiro atoms. The van der Waals surface area contributed by atoms with Crippen molar-refractivity contribution < 1.29 is 4.74 Å². The molecule has 1 aliphatic heterocycles. The summed E-state index contributed by atoms with van der Waals surface area (Å²) in [5.74, 6) is 0.701. The van der Waals surface area contributed by atoms with E-state index in [4.69, 9.17) is 16.3 Å². The average Bonchev–Trinajstić information content (AvgIpc) is 2.61. The van der Waals surface area contributed by atoms with Gasteiger partial charge in [0.2, 0.25) is 0 Å². The Morgan fingerprint density at radius 3 is 2.73 bits per heavy atom. The molecule has 1 fully saturated rings. The summed E-state index contributed by atoms with van der Waals surface area (Å²) in [6.07, 6.45) is 3.94. The van der Waals surface area contributed by atoms with Crippen LogP contribution in [0.2, 0.25) is 0 Å². The fourth-order valence-corrected chi connectivity index (χ4v) is 2.76. The van der Waals surface area contributed by atoms with Crippen LogP contribution in [0.25, 0.3) is 0 Å². The van der Waals surface area contributed by atoms with Gasteiger partial charge in [-0.15, -0.1) is 11.6 Å². The Hall–Kier alpha value is -0.530. The second-order valence-corrected chi connectivity index (χ2v) is 5.08. The molecule has 1 atom stereocenters. The van der Waals surface area contributed by atoms with Crippen molar-refractivity contribution in [2.45, 2.75) is 37.9 Å². The van der Waals surface area contributed by atoms with Gasteiger partial charge in [-0.3, -0.25) is 0 Å². The Morgan fingerprint density at radius 2 is 2.00 bits per heavy atom. The topological polar surface area (TPSA) is 9.23 Å². The smallest absolute Gasteiger partial charge is 0.0725 e. The Kier molecular flexibility index (Phi) is 2.45. The zero-order chi connectivity index (χ0) is 10.3. The van der Waals surface area contributed by atoms with Crippen molar-refractivity contribution in [2.75, 3.05) is 0 Å².